The molecule has 0 saturated carbocycles. The molecule has 0 aliphatic heterocycles. The normalized spacial score (nSPS) is 10.8. The van der Waals surface area contributed by atoms with Crippen LogP contribution in [0.4, 0.5) is 0 Å². The molecule has 2 rings (SSSR count). The molecule has 4 heteroatoms. The highest BCUT2D eigenvalue weighted by Gasteiger charge is 2.14. The Kier molecular flexibility index (Phi) is 5.06. The lowest BCUT2D eigenvalue weighted by Gasteiger charge is -2.10. The number of allylic oxidation sites excluding steroid dienone is 1. The summed E-state index contributed by atoms with van der Waals surface area (Å²) in [4.78, 5) is 12.3. The molecule has 0 aliphatic rings. The lowest BCUT2D eigenvalue weighted by atomic mass is 10.0. The van der Waals surface area contributed by atoms with E-state index in [9.17, 15) is 9.90 Å². The lowest BCUT2D eigenvalue weighted by Crippen LogP contribution is -1.98. The third-order valence-electron chi connectivity index (χ3n) is 3.73. The molecule has 4 nitrogen and oxygen atoms in total. The summed E-state index contributed by atoms with van der Waals surface area (Å²) in [5, 5.41) is 10.0. The zero-order valence-corrected chi connectivity index (χ0v) is 13.7. The number of phenols is 1. The first-order chi connectivity index (χ1) is 11.0. The van der Waals surface area contributed by atoms with Crippen LogP contribution in [0.3, 0.4) is 0 Å². The van der Waals surface area contributed by atoms with Crippen LogP contribution in [-0.4, -0.2) is 25.1 Å². The molecule has 0 saturated heterocycles. The zero-order valence-electron chi connectivity index (χ0n) is 13.7. The van der Waals surface area contributed by atoms with Crippen LogP contribution in [-0.2, 0) is 0 Å². The van der Waals surface area contributed by atoms with Gasteiger partial charge in [0.15, 0.2) is 17.3 Å². The number of rotatable bonds is 5. The topological polar surface area (TPSA) is 55.8 Å². The molecular weight excluding hydrogens is 292 g/mol. The number of ether oxygens (including phenoxy) is 2. The molecule has 0 unspecified atom stereocenters. The molecule has 23 heavy (non-hydrogen) atoms. The van der Waals surface area contributed by atoms with Gasteiger partial charge in [0.25, 0.3) is 0 Å². The Bertz CT molecular complexity index is 760. The van der Waals surface area contributed by atoms with Gasteiger partial charge < -0.3 is 14.6 Å². The number of hydrogen-bond donors (Lipinski definition) is 1. The van der Waals surface area contributed by atoms with Crippen molar-refractivity contribution in [2.75, 3.05) is 14.2 Å². The standard InChI is InChI=1S/C19H20O4/c1-12-5-6-14(9-13(12)2)7-8-16(20)15-10-18(22-3)19(23-4)11-17(15)21/h5-11,21H,1-4H3/b8-7+. The van der Waals surface area contributed by atoms with Crippen molar-refractivity contribution in [2.24, 2.45) is 0 Å². The van der Waals surface area contributed by atoms with Gasteiger partial charge in [-0.05, 0) is 42.7 Å². The number of aromatic hydroxyl groups is 1. The maximum Gasteiger partial charge on any atom is 0.189 e. The summed E-state index contributed by atoms with van der Waals surface area (Å²) in [5.41, 5.74) is 3.46. The maximum absolute atomic E-state index is 12.3. The van der Waals surface area contributed by atoms with Crippen LogP contribution in [0.1, 0.15) is 27.0 Å². The number of phenolic OH excluding ortho intramolecular Hbond substituents is 1. The van der Waals surface area contributed by atoms with Crippen LogP contribution in [0, 0.1) is 13.8 Å². The van der Waals surface area contributed by atoms with Crippen molar-refractivity contribution in [3.63, 3.8) is 0 Å². The smallest absolute Gasteiger partial charge is 0.189 e. The number of ketones is 1. The molecule has 0 aromatic heterocycles. The highest BCUT2D eigenvalue weighted by atomic mass is 16.5. The van der Waals surface area contributed by atoms with E-state index in [0.717, 1.165) is 11.1 Å². The first kappa shape index (κ1) is 16.6. The molecule has 2 aromatic rings. The monoisotopic (exact) mass is 312 g/mol. The average Bonchev–Trinajstić information content (AvgIpc) is 2.55. The van der Waals surface area contributed by atoms with Crippen LogP contribution < -0.4 is 9.47 Å². The van der Waals surface area contributed by atoms with Gasteiger partial charge in [-0.3, -0.25) is 4.79 Å². The summed E-state index contributed by atoms with van der Waals surface area (Å²) in [7, 11) is 2.95. The summed E-state index contributed by atoms with van der Waals surface area (Å²) in [6.07, 6.45) is 3.16. The van der Waals surface area contributed by atoms with Crippen LogP contribution in [0.15, 0.2) is 36.4 Å². The number of aryl methyl sites for hydroxylation is 2. The van der Waals surface area contributed by atoms with E-state index in [4.69, 9.17) is 9.47 Å². The first-order valence-corrected chi connectivity index (χ1v) is 7.21. The van der Waals surface area contributed by atoms with Crippen molar-refractivity contribution < 1.29 is 19.4 Å². The molecule has 0 bridgehead atoms. The summed E-state index contributed by atoms with van der Waals surface area (Å²) < 4.78 is 10.3. The van der Waals surface area contributed by atoms with Crippen molar-refractivity contribution >= 4 is 11.9 Å². The Labute approximate surface area is 136 Å². The van der Waals surface area contributed by atoms with Crippen LogP contribution in [0.2, 0.25) is 0 Å². The van der Waals surface area contributed by atoms with Crippen LogP contribution in [0.5, 0.6) is 17.2 Å². The van der Waals surface area contributed by atoms with Gasteiger partial charge in [0.05, 0.1) is 19.8 Å². The van der Waals surface area contributed by atoms with Gasteiger partial charge in [0, 0.05) is 6.07 Å². The minimum Gasteiger partial charge on any atom is -0.507 e. The molecule has 2 aromatic carbocycles. The summed E-state index contributed by atoms with van der Waals surface area (Å²) in [5.74, 6) is 0.326. The van der Waals surface area contributed by atoms with Gasteiger partial charge in [-0.15, -0.1) is 0 Å². The van der Waals surface area contributed by atoms with Gasteiger partial charge in [-0.2, -0.15) is 0 Å². The number of benzene rings is 2. The molecule has 0 aliphatic carbocycles. The van der Waals surface area contributed by atoms with Gasteiger partial charge >= 0.3 is 0 Å². The molecule has 120 valence electrons. The van der Waals surface area contributed by atoms with Crippen molar-refractivity contribution in [2.45, 2.75) is 13.8 Å². The van der Waals surface area contributed by atoms with E-state index in [0.29, 0.717) is 11.5 Å². The Hall–Kier alpha value is -2.75. The number of hydrogen-bond acceptors (Lipinski definition) is 4. The minimum atomic E-state index is -0.304. The largest absolute Gasteiger partial charge is 0.507 e. The molecule has 0 radical (unpaired) electrons. The summed E-state index contributed by atoms with van der Waals surface area (Å²) in [6, 6.07) is 8.80. The van der Waals surface area contributed by atoms with Crippen LogP contribution >= 0.6 is 0 Å². The Morgan fingerprint density at radius 3 is 2.26 bits per heavy atom. The van der Waals surface area contributed by atoms with E-state index in [2.05, 4.69) is 0 Å². The maximum atomic E-state index is 12.3. The summed E-state index contributed by atoms with van der Waals surface area (Å²) in [6.45, 7) is 4.06. The lowest BCUT2D eigenvalue weighted by molar-refractivity contribution is 0.104. The third kappa shape index (κ3) is 3.72. The second-order valence-corrected chi connectivity index (χ2v) is 5.27. The van der Waals surface area contributed by atoms with Crippen molar-refractivity contribution in [1.82, 2.24) is 0 Å². The number of carbonyl (C=O) groups is 1. The summed E-state index contributed by atoms with van der Waals surface area (Å²) >= 11 is 0. The highest BCUT2D eigenvalue weighted by molar-refractivity contribution is 6.09. The van der Waals surface area contributed by atoms with E-state index in [1.54, 1.807) is 6.08 Å². The van der Waals surface area contributed by atoms with Gasteiger partial charge in [-0.1, -0.05) is 24.3 Å². The highest BCUT2D eigenvalue weighted by Crippen LogP contribution is 2.34. The van der Waals surface area contributed by atoms with E-state index in [1.807, 2.05) is 32.0 Å². The van der Waals surface area contributed by atoms with Crippen molar-refractivity contribution in [1.29, 1.82) is 0 Å². The fraction of sp³-hybridized carbons (Fsp3) is 0.211. The Morgan fingerprint density at radius 1 is 1.00 bits per heavy atom. The van der Waals surface area contributed by atoms with Crippen LogP contribution in [0.25, 0.3) is 6.08 Å². The first-order valence-electron chi connectivity index (χ1n) is 7.21. The fourth-order valence-corrected chi connectivity index (χ4v) is 2.20. The molecule has 0 atom stereocenters. The quantitative estimate of drug-likeness (QED) is 0.671. The number of methoxy groups -OCH3 is 2. The molecular formula is C19H20O4. The average molecular weight is 312 g/mol. The van der Waals surface area contributed by atoms with E-state index in [1.165, 1.54) is 38.0 Å². The van der Waals surface area contributed by atoms with Gasteiger partial charge in [0.1, 0.15) is 5.75 Å². The van der Waals surface area contributed by atoms with Crippen molar-refractivity contribution in [3.05, 3.63) is 58.7 Å². The Balaban J connectivity index is 2.29. The SMILES string of the molecule is COc1cc(O)c(C(=O)/C=C/c2ccc(C)c(C)c2)cc1OC. The molecule has 0 fully saturated rings. The molecule has 0 spiro atoms. The second-order valence-electron chi connectivity index (χ2n) is 5.27. The van der Waals surface area contributed by atoms with Gasteiger partial charge in [-0.25, -0.2) is 0 Å². The number of carbonyl (C=O) groups excluding carboxylic acids is 1. The van der Waals surface area contributed by atoms with E-state index in [-0.39, 0.29) is 17.1 Å². The zero-order chi connectivity index (χ0) is 17.0. The predicted octanol–water partition coefficient (Wildman–Crippen LogP) is 3.92. The third-order valence-corrected chi connectivity index (χ3v) is 3.73. The van der Waals surface area contributed by atoms with Crippen molar-refractivity contribution in [3.8, 4) is 17.2 Å². The molecule has 1 N–H and O–H groups in total. The van der Waals surface area contributed by atoms with Gasteiger partial charge in [0.2, 0.25) is 0 Å². The van der Waals surface area contributed by atoms with E-state index < -0.39 is 0 Å². The van der Waals surface area contributed by atoms with E-state index >= 15 is 0 Å². The second kappa shape index (κ2) is 7.01. The Morgan fingerprint density at radius 2 is 1.65 bits per heavy atom. The molecule has 0 amide bonds. The minimum absolute atomic E-state index is 0.141. The predicted molar refractivity (Wildman–Crippen MR) is 90.5 cm³/mol. The fourth-order valence-electron chi connectivity index (χ4n) is 2.20. The molecule has 0 heterocycles.